The minimum atomic E-state index is 0.698. The Morgan fingerprint density at radius 1 is 1.17 bits per heavy atom. The van der Waals surface area contributed by atoms with Gasteiger partial charge in [-0.3, -0.25) is 0 Å². The van der Waals surface area contributed by atoms with Gasteiger partial charge in [-0.05, 0) is 18.6 Å². The van der Waals surface area contributed by atoms with Crippen molar-refractivity contribution >= 4 is 11.6 Å². The first kappa shape index (κ1) is 9.16. The molecular formula is C11H11Cl. The minimum absolute atomic E-state index is 0.698. The van der Waals surface area contributed by atoms with Crippen molar-refractivity contribution in [3.8, 4) is 11.8 Å². The molecule has 0 aliphatic carbocycles. The summed E-state index contributed by atoms with van der Waals surface area (Å²) in [6.07, 6.45) is 1.86. The molecule has 0 spiro atoms. The van der Waals surface area contributed by atoms with Crippen LogP contribution in [0.2, 0.25) is 0 Å². The van der Waals surface area contributed by atoms with Crippen molar-refractivity contribution in [2.45, 2.75) is 12.8 Å². The summed E-state index contributed by atoms with van der Waals surface area (Å²) in [5.74, 6) is 6.84. The fourth-order valence-electron chi connectivity index (χ4n) is 0.841. The maximum Gasteiger partial charge on any atom is 0.0245 e. The Bertz CT molecular complexity index is 266. The van der Waals surface area contributed by atoms with E-state index in [0.717, 1.165) is 18.4 Å². The van der Waals surface area contributed by atoms with Crippen molar-refractivity contribution in [3.05, 3.63) is 35.9 Å². The van der Waals surface area contributed by atoms with Crippen molar-refractivity contribution < 1.29 is 0 Å². The van der Waals surface area contributed by atoms with E-state index >= 15 is 0 Å². The van der Waals surface area contributed by atoms with Crippen molar-refractivity contribution in [1.29, 1.82) is 0 Å². The second kappa shape index (κ2) is 5.69. The molecule has 0 radical (unpaired) electrons. The van der Waals surface area contributed by atoms with Crippen LogP contribution in [-0.4, -0.2) is 5.88 Å². The average molecular weight is 179 g/mol. The molecule has 0 aromatic heterocycles. The molecule has 1 heteroatoms. The SMILES string of the molecule is ClCCCC#Cc1ccccc1. The molecule has 0 nitrogen and oxygen atoms in total. The van der Waals surface area contributed by atoms with E-state index in [9.17, 15) is 0 Å². The smallest absolute Gasteiger partial charge is 0.0245 e. The first-order valence-corrected chi connectivity index (χ1v) is 4.57. The van der Waals surface area contributed by atoms with Crippen molar-refractivity contribution in [3.63, 3.8) is 0 Å². The van der Waals surface area contributed by atoms with E-state index in [2.05, 4.69) is 11.8 Å². The Balaban J connectivity index is 2.44. The monoisotopic (exact) mass is 178 g/mol. The van der Waals surface area contributed by atoms with E-state index in [4.69, 9.17) is 11.6 Å². The second-order valence-corrected chi connectivity index (χ2v) is 2.84. The Hall–Kier alpha value is -0.930. The van der Waals surface area contributed by atoms with Gasteiger partial charge >= 0.3 is 0 Å². The predicted octanol–water partition coefficient (Wildman–Crippen LogP) is 3.06. The fourth-order valence-corrected chi connectivity index (χ4v) is 0.975. The number of hydrogen-bond donors (Lipinski definition) is 0. The number of unbranched alkanes of at least 4 members (excludes halogenated alkanes) is 1. The van der Waals surface area contributed by atoms with Crippen LogP contribution >= 0.6 is 11.6 Å². The Kier molecular flexibility index (Phi) is 4.34. The van der Waals surface area contributed by atoms with Gasteiger partial charge in [-0.1, -0.05) is 30.0 Å². The number of alkyl halides is 1. The molecule has 1 aromatic carbocycles. The van der Waals surface area contributed by atoms with Gasteiger partial charge in [-0.2, -0.15) is 0 Å². The Labute approximate surface area is 78.6 Å². The summed E-state index contributed by atoms with van der Waals surface area (Å²) < 4.78 is 0. The average Bonchev–Trinajstić information content (AvgIpc) is 2.14. The van der Waals surface area contributed by atoms with E-state index in [1.165, 1.54) is 0 Å². The lowest BCUT2D eigenvalue weighted by molar-refractivity contribution is 0.991. The van der Waals surface area contributed by atoms with E-state index in [1.54, 1.807) is 0 Å². The molecule has 0 aliphatic rings. The van der Waals surface area contributed by atoms with Gasteiger partial charge in [-0.25, -0.2) is 0 Å². The molecule has 12 heavy (non-hydrogen) atoms. The zero-order chi connectivity index (χ0) is 8.65. The normalized spacial score (nSPS) is 8.75. The molecule has 0 atom stereocenters. The van der Waals surface area contributed by atoms with Crippen LogP contribution in [0, 0.1) is 11.8 Å². The van der Waals surface area contributed by atoms with E-state index in [-0.39, 0.29) is 0 Å². The number of hydrogen-bond acceptors (Lipinski definition) is 0. The first-order valence-electron chi connectivity index (χ1n) is 4.03. The van der Waals surface area contributed by atoms with E-state index in [1.807, 2.05) is 30.3 Å². The predicted molar refractivity (Wildman–Crippen MR) is 53.3 cm³/mol. The Morgan fingerprint density at radius 2 is 1.92 bits per heavy atom. The highest BCUT2D eigenvalue weighted by atomic mass is 35.5. The molecule has 0 amide bonds. The molecule has 0 heterocycles. The van der Waals surface area contributed by atoms with Crippen molar-refractivity contribution in [1.82, 2.24) is 0 Å². The van der Waals surface area contributed by atoms with E-state index < -0.39 is 0 Å². The minimum Gasteiger partial charge on any atom is -0.127 e. The maximum absolute atomic E-state index is 5.52. The van der Waals surface area contributed by atoms with Crippen LogP contribution in [0.4, 0.5) is 0 Å². The lowest BCUT2D eigenvalue weighted by Crippen LogP contribution is -1.73. The lowest BCUT2D eigenvalue weighted by Gasteiger charge is -1.86. The molecule has 0 bridgehead atoms. The van der Waals surface area contributed by atoms with Crippen LogP contribution in [0.25, 0.3) is 0 Å². The van der Waals surface area contributed by atoms with Gasteiger partial charge in [0.15, 0.2) is 0 Å². The van der Waals surface area contributed by atoms with Gasteiger partial charge < -0.3 is 0 Å². The molecule has 62 valence electrons. The summed E-state index contributed by atoms with van der Waals surface area (Å²) >= 11 is 5.52. The number of halogens is 1. The summed E-state index contributed by atoms with van der Waals surface area (Å²) in [4.78, 5) is 0. The summed E-state index contributed by atoms with van der Waals surface area (Å²) in [5, 5.41) is 0. The summed E-state index contributed by atoms with van der Waals surface area (Å²) in [7, 11) is 0. The molecule has 1 aromatic rings. The van der Waals surface area contributed by atoms with Gasteiger partial charge in [0.1, 0.15) is 0 Å². The van der Waals surface area contributed by atoms with Crippen molar-refractivity contribution in [2.24, 2.45) is 0 Å². The standard InChI is InChI=1S/C11H11Cl/c12-10-6-2-5-9-11-7-3-1-4-8-11/h1,3-4,7-8H,2,6,10H2. The number of rotatable bonds is 2. The molecule has 0 aliphatic heterocycles. The highest BCUT2D eigenvalue weighted by Gasteiger charge is 1.81. The molecule has 0 saturated carbocycles. The fraction of sp³-hybridized carbons (Fsp3) is 0.273. The Morgan fingerprint density at radius 3 is 2.58 bits per heavy atom. The maximum atomic E-state index is 5.52. The molecule has 0 unspecified atom stereocenters. The third-order valence-corrected chi connectivity index (χ3v) is 1.71. The van der Waals surface area contributed by atoms with Crippen LogP contribution in [0.5, 0.6) is 0 Å². The largest absolute Gasteiger partial charge is 0.127 e. The molecule has 1 rings (SSSR count). The molecule has 0 N–H and O–H groups in total. The first-order chi connectivity index (χ1) is 5.93. The van der Waals surface area contributed by atoms with Crippen LogP contribution in [0.1, 0.15) is 18.4 Å². The quantitative estimate of drug-likeness (QED) is 0.371. The molecular weight excluding hydrogens is 168 g/mol. The lowest BCUT2D eigenvalue weighted by atomic mass is 10.2. The highest BCUT2D eigenvalue weighted by Crippen LogP contribution is 1.96. The summed E-state index contributed by atoms with van der Waals surface area (Å²) in [5.41, 5.74) is 1.08. The van der Waals surface area contributed by atoms with Crippen molar-refractivity contribution in [2.75, 3.05) is 5.88 Å². The van der Waals surface area contributed by atoms with Gasteiger partial charge in [0.25, 0.3) is 0 Å². The third-order valence-electron chi connectivity index (χ3n) is 1.44. The van der Waals surface area contributed by atoms with E-state index in [0.29, 0.717) is 5.88 Å². The molecule has 0 fully saturated rings. The highest BCUT2D eigenvalue weighted by molar-refractivity contribution is 6.17. The van der Waals surface area contributed by atoms with Crippen LogP contribution in [0.3, 0.4) is 0 Å². The van der Waals surface area contributed by atoms with Gasteiger partial charge in [0.05, 0.1) is 0 Å². The van der Waals surface area contributed by atoms with Gasteiger partial charge in [-0.15, -0.1) is 11.6 Å². The zero-order valence-corrected chi connectivity index (χ0v) is 7.64. The topological polar surface area (TPSA) is 0 Å². The second-order valence-electron chi connectivity index (χ2n) is 2.46. The van der Waals surface area contributed by atoms with Gasteiger partial charge in [0, 0.05) is 17.9 Å². The van der Waals surface area contributed by atoms with Gasteiger partial charge in [0.2, 0.25) is 0 Å². The number of benzene rings is 1. The zero-order valence-electron chi connectivity index (χ0n) is 6.89. The summed E-state index contributed by atoms with van der Waals surface area (Å²) in [6, 6.07) is 9.99. The van der Waals surface area contributed by atoms with Crippen LogP contribution < -0.4 is 0 Å². The molecule has 0 saturated heterocycles. The summed E-state index contributed by atoms with van der Waals surface area (Å²) in [6.45, 7) is 0. The van der Waals surface area contributed by atoms with Crippen LogP contribution in [-0.2, 0) is 0 Å². The third kappa shape index (κ3) is 3.46. The van der Waals surface area contributed by atoms with Crippen LogP contribution in [0.15, 0.2) is 30.3 Å².